The maximum Gasteiger partial charge on any atom is 0.337 e. The van der Waals surface area contributed by atoms with Gasteiger partial charge in [0.15, 0.2) is 18.1 Å². The summed E-state index contributed by atoms with van der Waals surface area (Å²) in [6.45, 7) is 1.80. The van der Waals surface area contributed by atoms with Gasteiger partial charge in [-0.3, -0.25) is 4.79 Å². The molecule has 0 aromatic heterocycles. The van der Waals surface area contributed by atoms with Crippen molar-refractivity contribution >= 4 is 17.6 Å². The quantitative estimate of drug-likeness (QED) is 0.752. The average Bonchev–Trinajstić information content (AvgIpc) is 2.66. The summed E-state index contributed by atoms with van der Waals surface area (Å²) in [7, 11) is 2.83. The van der Waals surface area contributed by atoms with E-state index in [1.54, 1.807) is 12.1 Å². The maximum absolute atomic E-state index is 12.1. The van der Waals surface area contributed by atoms with Crippen LogP contribution in [-0.4, -0.2) is 37.8 Å². The fraction of sp³-hybridized carbons (Fsp3) is 0.263. The molecular formula is C19H21NO6. The number of aromatic carboxylic acids is 1. The minimum atomic E-state index is -1.20. The zero-order valence-electron chi connectivity index (χ0n) is 14.9. The number of hydrogen-bond acceptors (Lipinski definition) is 5. The Labute approximate surface area is 151 Å². The fourth-order valence-corrected chi connectivity index (χ4v) is 2.32. The molecule has 0 fully saturated rings. The van der Waals surface area contributed by atoms with Crippen LogP contribution >= 0.6 is 0 Å². The predicted octanol–water partition coefficient (Wildman–Crippen LogP) is 2.98. The van der Waals surface area contributed by atoms with Gasteiger partial charge in [-0.15, -0.1) is 0 Å². The number of carboxylic acids is 1. The Morgan fingerprint density at radius 1 is 1.04 bits per heavy atom. The summed E-state index contributed by atoms with van der Waals surface area (Å²) in [6.07, 6.45) is 0.915. The highest BCUT2D eigenvalue weighted by Crippen LogP contribution is 2.33. The molecule has 2 aromatic carbocycles. The van der Waals surface area contributed by atoms with Gasteiger partial charge >= 0.3 is 5.97 Å². The van der Waals surface area contributed by atoms with Crippen LogP contribution < -0.4 is 19.5 Å². The molecule has 0 bridgehead atoms. The number of hydrogen-bond donors (Lipinski definition) is 2. The normalized spacial score (nSPS) is 10.1. The van der Waals surface area contributed by atoms with Gasteiger partial charge in [-0.25, -0.2) is 4.79 Å². The van der Waals surface area contributed by atoms with Crippen molar-refractivity contribution in [3.05, 3.63) is 47.5 Å². The van der Waals surface area contributed by atoms with E-state index < -0.39 is 11.9 Å². The molecule has 2 aromatic rings. The van der Waals surface area contributed by atoms with Gasteiger partial charge in [0.25, 0.3) is 5.91 Å². The number of ether oxygens (including phenoxy) is 3. The van der Waals surface area contributed by atoms with E-state index in [-0.39, 0.29) is 23.6 Å². The third-order valence-electron chi connectivity index (χ3n) is 3.73. The minimum absolute atomic E-state index is 0.102. The molecule has 0 spiro atoms. The molecular weight excluding hydrogens is 338 g/mol. The molecule has 138 valence electrons. The highest BCUT2D eigenvalue weighted by Gasteiger charge is 2.18. The van der Waals surface area contributed by atoms with Crippen molar-refractivity contribution in [3.63, 3.8) is 0 Å². The second-order valence-electron chi connectivity index (χ2n) is 5.39. The van der Waals surface area contributed by atoms with Gasteiger partial charge in [0.1, 0.15) is 5.75 Å². The molecule has 1 amide bonds. The zero-order chi connectivity index (χ0) is 19.1. The molecule has 0 aliphatic heterocycles. The number of rotatable bonds is 8. The van der Waals surface area contributed by atoms with E-state index in [4.69, 9.17) is 14.2 Å². The molecule has 0 saturated carbocycles. The molecule has 2 rings (SSSR count). The molecule has 7 heteroatoms. The molecule has 7 nitrogen and oxygen atoms in total. The third kappa shape index (κ3) is 4.66. The van der Waals surface area contributed by atoms with Gasteiger partial charge in [-0.2, -0.15) is 0 Å². The number of aryl methyl sites for hydroxylation is 1. The topological polar surface area (TPSA) is 94.1 Å². The fourth-order valence-electron chi connectivity index (χ4n) is 2.32. The van der Waals surface area contributed by atoms with Crippen LogP contribution in [0.5, 0.6) is 17.2 Å². The van der Waals surface area contributed by atoms with E-state index in [0.717, 1.165) is 6.42 Å². The Balaban J connectivity index is 2.10. The van der Waals surface area contributed by atoms with E-state index >= 15 is 0 Å². The monoisotopic (exact) mass is 359 g/mol. The number of carbonyl (C=O) groups excluding carboxylic acids is 1. The lowest BCUT2D eigenvalue weighted by Gasteiger charge is -2.14. The molecule has 0 aliphatic rings. The van der Waals surface area contributed by atoms with Crippen molar-refractivity contribution < 1.29 is 28.9 Å². The SMILES string of the molecule is CCc1ccc(OCC(=O)Nc2cc(OC)c(OC)cc2C(=O)O)cc1. The lowest BCUT2D eigenvalue weighted by Crippen LogP contribution is -2.21. The van der Waals surface area contributed by atoms with Crippen molar-refractivity contribution in [1.29, 1.82) is 0 Å². The molecule has 0 aliphatic carbocycles. The Hall–Kier alpha value is -3.22. The average molecular weight is 359 g/mol. The van der Waals surface area contributed by atoms with Crippen LogP contribution in [-0.2, 0) is 11.2 Å². The standard InChI is InChI=1S/C19H21NO6/c1-4-12-5-7-13(8-6-12)26-11-18(21)20-15-10-17(25-3)16(24-2)9-14(15)19(22)23/h5-10H,4,11H2,1-3H3,(H,20,21)(H,22,23). The first-order valence-electron chi connectivity index (χ1n) is 7.99. The number of carboxylic acid groups (broad SMARTS) is 1. The van der Waals surface area contributed by atoms with Crippen LogP contribution in [0.25, 0.3) is 0 Å². The summed E-state index contributed by atoms with van der Waals surface area (Å²) in [6, 6.07) is 10.1. The zero-order valence-corrected chi connectivity index (χ0v) is 14.9. The molecule has 26 heavy (non-hydrogen) atoms. The number of anilines is 1. The Kier molecular flexibility index (Phi) is 6.43. The number of methoxy groups -OCH3 is 2. The van der Waals surface area contributed by atoms with E-state index in [0.29, 0.717) is 11.5 Å². The minimum Gasteiger partial charge on any atom is -0.493 e. The number of nitrogens with one attached hydrogen (secondary N) is 1. The largest absolute Gasteiger partial charge is 0.493 e. The number of benzene rings is 2. The first-order valence-corrected chi connectivity index (χ1v) is 7.99. The molecule has 0 saturated heterocycles. The van der Waals surface area contributed by atoms with Gasteiger partial charge in [-0.1, -0.05) is 19.1 Å². The van der Waals surface area contributed by atoms with Gasteiger partial charge in [0.2, 0.25) is 0 Å². The van der Waals surface area contributed by atoms with Crippen molar-refractivity contribution in [3.8, 4) is 17.2 Å². The van der Waals surface area contributed by atoms with Crippen molar-refractivity contribution in [2.24, 2.45) is 0 Å². The first kappa shape index (κ1) is 19.1. The summed E-state index contributed by atoms with van der Waals surface area (Å²) in [5.41, 5.74) is 1.16. The van der Waals surface area contributed by atoms with E-state index in [2.05, 4.69) is 5.32 Å². The maximum atomic E-state index is 12.1. The smallest absolute Gasteiger partial charge is 0.337 e. The summed E-state index contributed by atoms with van der Waals surface area (Å²) >= 11 is 0. The highest BCUT2D eigenvalue weighted by molar-refractivity contribution is 6.01. The van der Waals surface area contributed by atoms with Crippen LogP contribution in [0.3, 0.4) is 0 Å². The van der Waals surface area contributed by atoms with Gasteiger partial charge in [-0.05, 0) is 24.1 Å². The molecule has 0 radical (unpaired) electrons. The predicted molar refractivity (Wildman–Crippen MR) is 96.5 cm³/mol. The second-order valence-corrected chi connectivity index (χ2v) is 5.39. The van der Waals surface area contributed by atoms with Crippen molar-refractivity contribution in [2.45, 2.75) is 13.3 Å². The van der Waals surface area contributed by atoms with Crippen molar-refractivity contribution in [2.75, 3.05) is 26.1 Å². The Morgan fingerprint density at radius 2 is 1.65 bits per heavy atom. The van der Waals surface area contributed by atoms with Gasteiger partial charge < -0.3 is 24.6 Å². The van der Waals surface area contributed by atoms with Crippen LogP contribution in [0.4, 0.5) is 5.69 Å². The van der Waals surface area contributed by atoms with E-state index in [9.17, 15) is 14.7 Å². The summed E-state index contributed by atoms with van der Waals surface area (Å²) < 4.78 is 15.7. The summed E-state index contributed by atoms with van der Waals surface area (Å²) in [5, 5.41) is 11.9. The number of carbonyl (C=O) groups is 2. The summed E-state index contributed by atoms with van der Waals surface area (Å²) in [5.74, 6) is -0.557. The third-order valence-corrected chi connectivity index (χ3v) is 3.73. The molecule has 0 unspecified atom stereocenters. The van der Waals surface area contributed by atoms with E-state index in [1.807, 2.05) is 19.1 Å². The van der Waals surface area contributed by atoms with Crippen LogP contribution in [0.2, 0.25) is 0 Å². The van der Waals surface area contributed by atoms with Gasteiger partial charge in [0, 0.05) is 12.1 Å². The Bertz CT molecular complexity index is 785. The van der Waals surface area contributed by atoms with Crippen LogP contribution in [0, 0.1) is 0 Å². The first-order chi connectivity index (χ1) is 12.5. The summed E-state index contributed by atoms with van der Waals surface area (Å²) in [4.78, 5) is 23.6. The molecule has 0 atom stereocenters. The lowest BCUT2D eigenvalue weighted by molar-refractivity contribution is -0.118. The Morgan fingerprint density at radius 3 is 2.19 bits per heavy atom. The second kappa shape index (κ2) is 8.75. The van der Waals surface area contributed by atoms with Gasteiger partial charge in [0.05, 0.1) is 25.5 Å². The molecule has 0 heterocycles. The van der Waals surface area contributed by atoms with Crippen LogP contribution in [0.1, 0.15) is 22.8 Å². The lowest BCUT2D eigenvalue weighted by atomic mass is 10.1. The molecule has 2 N–H and O–H groups in total. The highest BCUT2D eigenvalue weighted by atomic mass is 16.5. The van der Waals surface area contributed by atoms with Crippen molar-refractivity contribution in [1.82, 2.24) is 0 Å². The van der Waals surface area contributed by atoms with E-state index in [1.165, 1.54) is 31.9 Å². The van der Waals surface area contributed by atoms with Crippen LogP contribution in [0.15, 0.2) is 36.4 Å². The number of amides is 1.